The van der Waals surface area contributed by atoms with E-state index in [0.717, 1.165) is 24.0 Å². The maximum atomic E-state index is 11.1. The van der Waals surface area contributed by atoms with Crippen LogP contribution in [0.2, 0.25) is 0 Å². The summed E-state index contributed by atoms with van der Waals surface area (Å²) >= 11 is 8.80. The molecule has 1 aliphatic carbocycles. The van der Waals surface area contributed by atoms with Crippen molar-refractivity contribution in [2.24, 2.45) is 0 Å². The van der Waals surface area contributed by atoms with Crippen LogP contribution in [-0.2, 0) is 0 Å². The third kappa shape index (κ3) is 5.06. The molecule has 1 heterocycles. The van der Waals surface area contributed by atoms with E-state index in [-0.39, 0.29) is 5.63 Å². The Hall–Kier alpha value is -1.52. The van der Waals surface area contributed by atoms with Crippen molar-refractivity contribution in [2.75, 3.05) is 0 Å². The van der Waals surface area contributed by atoms with Crippen molar-refractivity contribution >= 4 is 38.9 Å². The van der Waals surface area contributed by atoms with E-state index in [1.165, 1.54) is 18.9 Å². The van der Waals surface area contributed by atoms with Crippen LogP contribution in [0.15, 0.2) is 39.5 Å². The molecule has 0 unspecified atom stereocenters. The Morgan fingerprint density at radius 3 is 2.43 bits per heavy atom. The number of rotatable bonds is 2. The Balaban J connectivity index is 0.000000361. The van der Waals surface area contributed by atoms with E-state index in [1.54, 1.807) is 12.1 Å². The van der Waals surface area contributed by atoms with E-state index >= 15 is 0 Å². The van der Waals surface area contributed by atoms with Crippen molar-refractivity contribution in [1.29, 1.82) is 0 Å². The largest absolute Gasteiger partial charge is 0.490 e. The summed E-state index contributed by atoms with van der Waals surface area (Å²) < 4.78 is 10.1. The number of halogens is 2. The van der Waals surface area contributed by atoms with Gasteiger partial charge in [-0.2, -0.15) is 0 Å². The topological polar surface area (TPSA) is 56.5 Å². The Morgan fingerprint density at radius 1 is 1.14 bits per heavy atom. The van der Waals surface area contributed by atoms with Crippen molar-refractivity contribution in [1.82, 2.24) is 0 Å². The lowest BCUT2D eigenvalue weighted by Crippen LogP contribution is -2.10. The number of benzene rings is 1. The Morgan fingerprint density at radius 2 is 1.76 bits per heavy atom. The summed E-state index contributed by atoms with van der Waals surface area (Å²) in [5, 5.41) is 0.920. The molecule has 1 aliphatic rings. The van der Waals surface area contributed by atoms with E-state index in [4.69, 9.17) is 13.9 Å². The molecular formula is C15H14Cl2O4. The maximum Gasteiger partial charge on any atom is 0.336 e. The smallest absolute Gasteiger partial charge is 0.336 e. The number of hydrogen-bond acceptors (Lipinski definition) is 4. The lowest BCUT2D eigenvalue weighted by molar-refractivity contribution is 0.210. The molecule has 0 aliphatic heterocycles. The van der Waals surface area contributed by atoms with Gasteiger partial charge in [0, 0.05) is 17.5 Å². The Kier molecular flexibility index (Phi) is 5.65. The fourth-order valence-corrected chi connectivity index (χ4v) is 2.31. The molecule has 0 amide bonds. The quantitative estimate of drug-likeness (QED) is 0.592. The minimum absolute atomic E-state index is 0.322. The highest BCUT2D eigenvalue weighted by molar-refractivity contribution is 6.93. The molecule has 0 saturated heterocycles. The Labute approximate surface area is 131 Å². The molecular weight excluding hydrogens is 315 g/mol. The third-order valence-corrected chi connectivity index (χ3v) is 3.20. The standard InChI is InChI=1S/C14H14O3.CCl2O/c15-14-8-6-10-5-7-12(9-13(10)17-14)16-11-3-1-2-4-11;2-1(3)4/h5-9,11H,1-4H2;. The number of carbonyl (C=O) groups excluding carboxylic acids is 1. The molecule has 1 fully saturated rings. The molecule has 0 spiro atoms. The van der Waals surface area contributed by atoms with Crippen LogP contribution in [0.3, 0.4) is 0 Å². The van der Waals surface area contributed by atoms with Gasteiger partial charge in [-0.1, -0.05) is 0 Å². The molecule has 0 N–H and O–H groups in total. The van der Waals surface area contributed by atoms with Crippen LogP contribution >= 0.6 is 23.2 Å². The van der Waals surface area contributed by atoms with Gasteiger partial charge in [0.1, 0.15) is 11.3 Å². The highest BCUT2D eigenvalue weighted by Gasteiger charge is 2.16. The summed E-state index contributed by atoms with van der Waals surface area (Å²) in [6.45, 7) is 0. The third-order valence-electron chi connectivity index (χ3n) is 3.20. The van der Waals surface area contributed by atoms with E-state index in [9.17, 15) is 4.79 Å². The molecule has 3 rings (SSSR count). The van der Waals surface area contributed by atoms with Crippen molar-refractivity contribution in [2.45, 2.75) is 31.8 Å². The summed E-state index contributed by atoms with van der Waals surface area (Å²) in [4.78, 5) is 20.1. The monoisotopic (exact) mass is 328 g/mol. The molecule has 0 atom stereocenters. The van der Waals surface area contributed by atoms with Crippen molar-refractivity contribution in [3.63, 3.8) is 0 Å². The lowest BCUT2D eigenvalue weighted by atomic mass is 10.2. The number of carbonyl (C=O) groups is 1. The molecule has 0 radical (unpaired) electrons. The molecule has 1 saturated carbocycles. The van der Waals surface area contributed by atoms with Gasteiger partial charge in [-0.3, -0.25) is 4.79 Å². The summed E-state index contributed by atoms with van der Waals surface area (Å²) in [7, 11) is 0. The van der Waals surface area contributed by atoms with E-state index in [0.29, 0.717) is 11.7 Å². The van der Waals surface area contributed by atoms with Crippen molar-refractivity contribution in [3.8, 4) is 5.75 Å². The SMILES string of the molecule is O=C(Cl)Cl.O=c1ccc2ccc(OC3CCCC3)cc2o1. The molecule has 1 aromatic carbocycles. The second kappa shape index (κ2) is 7.48. The van der Waals surface area contributed by atoms with E-state index in [1.807, 2.05) is 12.1 Å². The Bertz CT molecular complexity index is 671. The second-order valence-electron chi connectivity index (χ2n) is 4.70. The van der Waals surface area contributed by atoms with Gasteiger partial charge in [0.2, 0.25) is 0 Å². The first-order valence-electron chi connectivity index (χ1n) is 6.60. The van der Waals surface area contributed by atoms with Gasteiger partial charge < -0.3 is 9.15 Å². The zero-order valence-corrected chi connectivity index (χ0v) is 12.7. The zero-order chi connectivity index (χ0) is 15.2. The highest BCUT2D eigenvalue weighted by atomic mass is 35.5. The molecule has 6 heteroatoms. The molecule has 0 bridgehead atoms. The summed E-state index contributed by atoms with van der Waals surface area (Å²) in [5.74, 6) is 0.791. The molecule has 4 nitrogen and oxygen atoms in total. The van der Waals surface area contributed by atoms with Crippen molar-refractivity contribution < 1.29 is 13.9 Å². The van der Waals surface area contributed by atoms with E-state index in [2.05, 4.69) is 23.2 Å². The van der Waals surface area contributed by atoms with E-state index < -0.39 is 4.70 Å². The van der Waals surface area contributed by atoms with Crippen LogP contribution in [-0.4, -0.2) is 10.8 Å². The predicted molar refractivity (Wildman–Crippen MR) is 82.5 cm³/mol. The van der Waals surface area contributed by atoms with Crippen LogP contribution in [0.1, 0.15) is 25.7 Å². The van der Waals surface area contributed by atoms with Gasteiger partial charge in [0.05, 0.1) is 6.10 Å². The van der Waals surface area contributed by atoms with Crippen LogP contribution in [0, 0.1) is 0 Å². The van der Waals surface area contributed by atoms with Gasteiger partial charge in [-0.25, -0.2) is 4.79 Å². The van der Waals surface area contributed by atoms with Gasteiger partial charge in [-0.15, -0.1) is 0 Å². The number of ether oxygens (including phenoxy) is 1. The molecule has 1 aromatic heterocycles. The van der Waals surface area contributed by atoms with Gasteiger partial charge in [-0.05, 0) is 67.1 Å². The lowest BCUT2D eigenvalue weighted by Gasteiger charge is -2.12. The minimum atomic E-state index is -0.889. The first-order chi connectivity index (χ1) is 10.0. The van der Waals surface area contributed by atoms with Crippen LogP contribution in [0.5, 0.6) is 5.75 Å². The van der Waals surface area contributed by atoms with Gasteiger partial charge in [0.15, 0.2) is 0 Å². The fraction of sp³-hybridized carbons (Fsp3) is 0.333. The van der Waals surface area contributed by atoms with Crippen LogP contribution < -0.4 is 10.4 Å². The van der Waals surface area contributed by atoms with Gasteiger partial charge in [0.25, 0.3) is 0 Å². The fourth-order valence-electron chi connectivity index (χ4n) is 2.31. The van der Waals surface area contributed by atoms with Crippen LogP contribution in [0.25, 0.3) is 11.0 Å². The van der Waals surface area contributed by atoms with Crippen molar-refractivity contribution in [3.05, 3.63) is 40.8 Å². The second-order valence-corrected chi connectivity index (χ2v) is 5.58. The minimum Gasteiger partial charge on any atom is -0.490 e. The first kappa shape index (κ1) is 15.9. The highest BCUT2D eigenvalue weighted by Crippen LogP contribution is 2.26. The summed E-state index contributed by atoms with van der Waals surface area (Å²) in [6, 6.07) is 8.85. The van der Waals surface area contributed by atoms with Gasteiger partial charge >= 0.3 is 10.3 Å². The average Bonchev–Trinajstić information content (AvgIpc) is 2.90. The summed E-state index contributed by atoms with van der Waals surface area (Å²) in [5.41, 5.74) is 0.267. The maximum absolute atomic E-state index is 11.1. The normalized spacial score (nSPS) is 14.6. The molecule has 2 aromatic rings. The molecule has 21 heavy (non-hydrogen) atoms. The number of hydrogen-bond donors (Lipinski definition) is 0. The predicted octanol–water partition coefficient (Wildman–Crippen LogP) is 4.70. The summed E-state index contributed by atoms with van der Waals surface area (Å²) in [6.07, 6.45) is 5.05. The molecule has 112 valence electrons. The zero-order valence-electron chi connectivity index (χ0n) is 11.2. The number of fused-ring (bicyclic) bond motifs is 1. The first-order valence-corrected chi connectivity index (χ1v) is 7.36. The van der Waals surface area contributed by atoms with Crippen LogP contribution in [0.4, 0.5) is 4.79 Å². The average molecular weight is 329 g/mol.